The number of amides is 1. The van der Waals surface area contributed by atoms with Crippen molar-refractivity contribution >= 4 is 46.1 Å². The Kier molecular flexibility index (Phi) is 4.72. The molecule has 6 nitrogen and oxygen atoms in total. The molecule has 0 atom stereocenters. The number of hydrogen-bond donors (Lipinski definition) is 0. The first kappa shape index (κ1) is 18.4. The molecule has 0 radical (unpaired) electrons. The number of nitrogens with zero attached hydrogens (tertiary/aromatic N) is 2. The molecule has 3 aromatic carbocycles. The van der Waals surface area contributed by atoms with Crippen LogP contribution >= 0.6 is 11.8 Å². The molecule has 148 valence electrons. The smallest absolute Gasteiger partial charge is 0.338 e. The molecule has 7 heteroatoms. The van der Waals surface area contributed by atoms with Crippen molar-refractivity contribution in [2.45, 2.75) is 16.2 Å². The van der Waals surface area contributed by atoms with Gasteiger partial charge in [0.1, 0.15) is 12.1 Å². The molecule has 0 spiro atoms. The monoisotopic (exact) mass is 416 g/mol. The Morgan fingerprint density at radius 2 is 1.67 bits per heavy atom. The van der Waals surface area contributed by atoms with Gasteiger partial charge in [-0.25, -0.2) is 9.78 Å². The molecule has 30 heavy (non-hydrogen) atoms. The maximum Gasteiger partial charge on any atom is 0.338 e. The topological polar surface area (TPSA) is 72.6 Å². The van der Waals surface area contributed by atoms with Crippen LogP contribution in [0.25, 0.3) is 11.1 Å². The van der Waals surface area contributed by atoms with Crippen molar-refractivity contribution in [3.05, 3.63) is 78.7 Å². The Labute approximate surface area is 176 Å². The Morgan fingerprint density at radius 1 is 0.967 bits per heavy atom. The summed E-state index contributed by atoms with van der Waals surface area (Å²) >= 11 is 1.64. The Morgan fingerprint density at radius 3 is 2.40 bits per heavy atom. The molecule has 0 saturated heterocycles. The molecule has 0 N–H and O–H groups in total. The van der Waals surface area contributed by atoms with E-state index in [-0.39, 0.29) is 18.9 Å². The molecular weight excluding hydrogens is 400 g/mol. The maximum atomic E-state index is 13.1. The summed E-state index contributed by atoms with van der Waals surface area (Å²) in [6, 6.07) is 20.5. The number of anilines is 2. The van der Waals surface area contributed by atoms with E-state index in [4.69, 9.17) is 9.15 Å². The predicted molar refractivity (Wildman–Crippen MR) is 113 cm³/mol. The molecule has 0 saturated carbocycles. The fraction of sp³-hybridized carbons (Fsp3) is 0.0870. The average molecular weight is 416 g/mol. The van der Waals surface area contributed by atoms with Crippen molar-refractivity contribution in [1.29, 1.82) is 0 Å². The molecule has 5 rings (SSSR count). The van der Waals surface area contributed by atoms with Gasteiger partial charge in [-0.2, -0.15) is 0 Å². The van der Waals surface area contributed by atoms with Gasteiger partial charge in [-0.05, 0) is 42.5 Å². The second kappa shape index (κ2) is 7.68. The quantitative estimate of drug-likeness (QED) is 0.426. The molecular formula is C23H16N2O4S. The van der Waals surface area contributed by atoms with Gasteiger partial charge in [-0.15, -0.1) is 0 Å². The minimum atomic E-state index is -0.504. The first-order chi connectivity index (χ1) is 14.7. The van der Waals surface area contributed by atoms with Crippen molar-refractivity contribution < 1.29 is 18.7 Å². The molecule has 0 bridgehead atoms. The zero-order valence-corrected chi connectivity index (χ0v) is 16.6. The van der Waals surface area contributed by atoms with Crippen LogP contribution in [0.4, 0.5) is 11.4 Å². The lowest BCUT2D eigenvalue weighted by molar-refractivity contribution is -0.118. The number of para-hydroxylation sites is 2. The van der Waals surface area contributed by atoms with Gasteiger partial charge in [0.05, 0.1) is 23.4 Å². The van der Waals surface area contributed by atoms with Crippen molar-refractivity contribution in [2.75, 3.05) is 11.5 Å². The van der Waals surface area contributed by atoms with E-state index in [1.165, 1.54) is 6.39 Å². The number of aromatic nitrogens is 1. The number of fused-ring (bicyclic) bond motifs is 3. The van der Waals surface area contributed by atoms with Crippen molar-refractivity contribution in [3.8, 4) is 0 Å². The molecule has 1 amide bonds. The predicted octanol–water partition coefficient (Wildman–Crippen LogP) is 5.20. The second-order valence-corrected chi connectivity index (χ2v) is 7.77. The summed E-state index contributed by atoms with van der Waals surface area (Å²) in [7, 11) is 0. The molecule has 0 unspecified atom stereocenters. The second-order valence-electron chi connectivity index (χ2n) is 6.69. The fourth-order valence-corrected chi connectivity index (χ4v) is 4.44. The van der Waals surface area contributed by atoms with Crippen molar-refractivity contribution in [2.24, 2.45) is 0 Å². The fourth-order valence-electron chi connectivity index (χ4n) is 3.38. The number of rotatable bonds is 4. The molecule has 1 aliphatic rings. The van der Waals surface area contributed by atoms with Crippen molar-refractivity contribution in [3.63, 3.8) is 0 Å². The zero-order valence-electron chi connectivity index (χ0n) is 15.8. The van der Waals surface area contributed by atoms with Crippen molar-refractivity contribution in [1.82, 2.24) is 4.98 Å². The van der Waals surface area contributed by atoms with E-state index in [1.807, 2.05) is 48.5 Å². The highest BCUT2D eigenvalue weighted by Gasteiger charge is 2.27. The van der Waals surface area contributed by atoms with Crippen LogP contribution < -0.4 is 4.90 Å². The average Bonchev–Trinajstić information content (AvgIpc) is 3.25. The lowest BCUT2D eigenvalue weighted by atomic mass is 10.2. The number of ether oxygens (including phenoxy) is 1. The summed E-state index contributed by atoms with van der Waals surface area (Å²) in [5.74, 6) is -0.634. The molecule has 4 aromatic rings. The van der Waals surface area contributed by atoms with E-state index in [1.54, 1.807) is 34.9 Å². The molecule has 2 heterocycles. The zero-order chi connectivity index (χ0) is 20.5. The van der Waals surface area contributed by atoms with E-state index in [9.17, 15) is 9.59 Å². The summed E-state index contributed by atoms with van der Waals surface area (Å²) in [5, 5.41) is 0. The number of esters is 1. The van der Waals surface area contributed by atoms with E-state index in [0.717, 1.165) is 21.2 Å². The van der Waals surface area contributed by atoms with Crippen LogP contribution in [-0.2, 0) is 9.53 Å². The van der Waals surface area contributed by atoms with Crippen LogP contribution in [0.5, 0.6) is 0 Å². The summed E-state index contributed by atoms with van der Waals surface area (Å²) in [6.45, 7) is -0.0138. The standard InChI is InChI=1S/C23H16N2O4S/c26-22(11-12-28-23(27)15-9-10-16-19(13-15)29-14-24-16)25-17-5-1-3-7-20(17)30-21-8-4-2-6-18(21)25/h1-10,13-14H,11-12H2. The summed E-state index contributed by atoms with van der Waals surface area (Å²) in [6.07, 6.45) is 1.40. The lowest BCUT2D eigenvalue weighted by Gasteiger charge is -2.31. The SMILES string of the molecule is O=C(OCCC(=O)N1c2ccccc2Sc2ccccc21)c1ccc2ncoc2c1. The van der Waals surface area contributed by atoms with Gasteiger partial charge >= 0.3 is 5.97 Å². The van der Waals surface area contributed by atoms with Gasteiger partial charge in [0, 0.05) is 9.79 Å². The van der Waals surface area contributed by atoms with Gasteiger partial charge in [-0.3, -0.25) is 9.69 Å². The molecule has 1 aliphatic heterocycles. The Hall–Kier alpha value is -3.58. The maximum absolute atomic E-state index is 13.1. The van der Waals surface area contributed by atoms with Crippen LogP contribution in [0.3, 0.4) is 0 Å². The molecule has 0 aliphatic carbocycles. The third-order valence-corrected chi connectivity index (χ3v) is 5.93. The first-order valence-corrected chi connectivity index (χ1v) is 10.2. The van der Waals surface area contributed by atoms with Crippen LogP contribution in [0.1, 0.15) is 16.8 Å². The number of carbonyl (C=O) groups excluding carboxylic acids is 2. The number of benzene rings is 3. The minimum absolute atomic E-state index is 0.0138. The van der Waals surface area contributed by atoms with E-state index in [2.05, 4.69) is 4.98 Å². The van der Waals surface area contributed by atoms with Crippen LogP contribution in [0.2, 0.25) is 0 Å². The first-order valence-electron chi connectivity index (χ1n) is 9.40. The number of carbonyl (C=O) groups is 2. The van der Waals surface area contributed by atoms with Gasteiger partial charge in [0.2, 0.25) is 5.91 Å². The Balaban J connectivity index is 1.30. The number of hydrogen-bond acceptors (Lipinski definition) is 6. The summed E-state index contributed by atoms with van der Waals surface area (Å²) in [5.41, 5.74) is 3.22. The lowest BCUT2D eigenvalue weighted by Crippen LogP contribution is -2.29. The third kappa shape index (κ3) is 3.33. The molecule has 0 fully saturated rings. The summed E-state index contributed by atoms with van der Waals surface area (Å²) < 4.78 is 10.6. The highest BCUT2D eigenvalue weighted by molar-refractivity contribution is 7.99. The number of oxazole rings is 1. The van der Waals surface area contributed by atoms with E-state index in [0.29, 0.717) is 16.7 Å². The van der Waals surface area contributed by atoms with E-state index < -0.39 is 5.97 Å². The highest BCUT2D eigenvalue weighted by atomic mass is 32.2. The summed E-state index contributed by atoms with van der Waals surface area (Å²) in [4.78, 5) is 33.2. The van der Waals surface area contributed by atoms with Crippen LogP contribution in [-0.4, -0.2) is 23.5 Å². The van der Waals surface area contributed by atoms with Gasteiger partial charge in [0.15, 0.2) is 12.0 Å². The highest BCUT2D eigenvalue weighted by Crippen LogP contribution is 2.48. The van der Waals surface area contributed by atoms with Crippen LogP contribution in [0, 0.1) is 0 Å². The van der Waals surface area contributed by atoms with Crippen LogP contribution in [0.15, 0.2) is 87.3 Å². The van der Waals surface area contributed by atoms with Gasteiger partial charge in [-0.1, -0.05) is 36.0 Å². The Bertz CT molecular complexity index is 1220. The van der Waals surface area contributed by atoms with Gasteiger partial charge < -0.3 is 9.15 Å². The third-order valence-electron chi connectivity index (χ3n) is 4.80. The largest absolute Gasteiger partial charge is 0.462 e. The van der Waals surface area contributed by atoms with E-state index >= 15 is 0 Å². The molecule has 1 aromatic heterocycles. The van der Waals surface area contributed by atoms with Gasteiger partial charge in [0.25, 0.3) is 0 Å². The normalized spacial score (nSPS) is 12.3. The minimum Gasteiger partial charge on any atom is -0.462 e.